The minimum absolute atomic E-state index is 0.355. The van der Waals surface area contributed by atoms with Gasteiger partial charge in [0, 0.05) is 12.6 Å². The van der Waals surface area contributed by atoms with Crippen molar-refractivity contribution < 1.29 is 0 Å². The molecule has 2 rings (SSSR count). The second kappa shape index (κ2) is 3.39. The first-order chi connectivity index (χ1) is 6.57. The van der Waals surface area contributed by atoms with Crippen LogP contribution < -0.4 is 5.32 Å². The summed E-state index contributed by atoms with van der Waals surface area (Å²) in [7, 11) is 0. The highest BCUT2D eigenvalue weighted by atomic mass is 14.9. The van der Waals surface area contributed by atoms with E-state index in [1.165, 1.54) is 17.5 Å². The molecule has 1 aromatic carbocycles. The molecule has 1 heterocycles. The first kappa shape index (κ1) is 9.72. The summed E-state index contributed by atoms with van der Waals surface area (Å²) >= 11 is 0. The lowest BCUT2D eigenvalue weighted by atomic mass is 9.80. The Morgan fingerprint density at radius 2 is 1.79 bits per heavy atom. The maximum absolute atomic E-state index is 3.62. The summed E-state index contributed by atoms with van der Waals surface area (Å²) in [6.07, 6.45) is 1.17. The lowest BCUT2D eigenvalue weighted by Gasteiger charge is -2.35. The van der Waals surface area contributed by atoms with E-state index in [9.17, 15) is 0 Å². The van der Waals surface area contributed by atoms with Gasteiger partial charge in [-0.15, -0.1) is 0 Å². The molecule has 0 saturated heterocycles. The second-order valence-corrected chi connectivity index (χ2v) is 5.27. The van der Waals surface area contributed by atoms with Gasteiger partial charge in [0.1, 0.15) is 0 Å². The molecular weight excluding hydrogens is 170 g/mol. The summed E-state index contributed by atoms with van der Waals surface area (Å²) in [4.78, 5) is 0. The molecule has 76 valence electrons. The fourth-order valence-corrected chi connectivity index (χ4v) is 2.07. The van der Waals surface area contributed by atoms with E-state index >= 15 is 0 Å². The molecule has 0 amide bonds. The van der Waals surface area contributed by atoms with Crippen LogP contribution in [-0.4, -0.2) is 6.04 Å². The van der Waals surface area contributed by atoms with E-state index in [-0.39, 0.29) is 0 Å². The van der Waals surface area contributed by atoms with E-state index in [1.54, 1.807) is 0 Å². The monoisotopic (exact) mass is 189 g/mol. The van der Waals surface area contributed by atoms with Crippen LogP contribution in [0.4, 0.5) is 0 Å². The van der Waals surface area contributed by atoms with Crippen LogP contribution in [0.3, 0.4) is 0 Å². The van der Waals surface area contributed by atoms with Crippen molar-refractivity contribution in [2.45, 2.75) is 39.8 Å². The quantitative estimate of drug-likeness (QED) is 0.661. The van der Waals surface area contributed by atoms with Crippen molar-refractivity contribution in [3.05, 3.63) is 35.4 Å². The lowest BCUT2D eigenvalue weighted by molar-refractivity contribution is 0.255. The molecule has 1 N–H and O–H groups in total. The highest BCUT2D eigenvalue weighted by Gasteiger charge is 2.27. The maximum atomic E-state index is 3.62. The molecule has 1 nitrogen and oxygen atoms in total. The van der Waals surface area contributed by atoms with E-state index in [0.717, 1.165) is 6.54 Å². The van der Waals surface area contributed by atoms with Crippen molar-refractivity contribution in [2.75, 3.05) is 0 Å². The smallest absolute Gasteiger partial charge is 0.0211 e. The zero-order chi connectivity index (χ0) is 10.2. The molecule has 0 fully saturated rings. The summed E-state index contributed by atoms with van der Waals surface area (Å²) in [5.74, 6) is 0. The Bertz CT molecular complexity index is 322. The SMILES string of the molecule is CC(C)(C)[C@H]1Cc2ccccc2CN1. The van der Waals surface area contributed by atoms with Gasteiger partial charge in [-0.05, 0) is 23.0 Å². The van der Waals surface area contributed by atoms with Crippen LogP contribution in [-0.2, 0) is 13.0 Å². The molecule has 1 aromatic rings. The Labute approximate surface area is 86.5 Å². The Balaban J connectivity index is 2.22. The molecule has 0 radical (unpaired) electrons. The minimum Gasteiger partial charge on any atom is -0.309 e. The predicted molar refractivity (Wildman–Crippen MR) is 60.2 cm³/mol. The van der Waals surface area contributed by atoms with E-state index in [4.69, 9.17) is 0 Å². The van der Waals surface area contributed by atoms with Crippen LogP contribution in [0.2, 0.25) is 0 Å². The van der Waals surface area contributed by atoms with Crippen molar-refractivity contribution in [1.29, 1.82) is 0 Å². The van der Waals surface area contributed by atoms with Gasteiger partial charge in [-0.1, -0.05) is 45.0 Å². The summed E-state index contributed by atoms with van der Waals surface area (Å²) in [6.45, 7) is 7.94. The predicted octanol–water partition coefficient (Wildman–Crippen LogP) is 2.75. The summed E-state index contributed by atoms with van der Waals surface area (Å²) in [6, 6.07) is 9.36. The molecule has 14 heavy (non-hydrogen) atoms. The average molecular weight is 189 g/mol. The largest absolute Gasteiger partial charge is 0.309 e. The maximum Gasteiger partial charge on any atom is 0.0211 e. The normalized spacial score (nSPS) is 21.8. The number of hydrogen-bond acceptors (Lipinski definition) is 1. The van der Waals surface area contributed by atoms with Gasteiger partial charge in [0.05, 0.1) is 0 Å². The molecule has 0 aromatic heterocycles. The summed E-state index contributed by atoms with van der Waals surface area (Å²) < 4.78 is 0. The van der Waals surface area contributed by atoms with Gasteiger partial charge in [0.2, 0.25) is 0 Å². The third kappa shape index (κ3) is 1.83. The Morgan fingerprint density at radius 3 is 2.43 bits per heavy atom. The van der Waals surface area contributed by atoms with Crippen molar-refractivity contribution in [1.82, 2.24) is 5.32 Å². The molecule has 0 bridgehead atoms. The highest BCUT2D eigenvalue weighted by Crippen LogP contribution is 2.27. The molecule has 0 saturated carbocycles. The van der Waals surface area contributed by atoms with Crippen LogP contribution >= 0.6 is 0 Å². The molecule has 1 aliphatic heterocycles. The van der Waals surface area contributed by atoms with Crippen LogP contribution in [0.25, 0.3) is 0 Å². The van der Waals surface area contributed by atoms with Gasteiger partial charge >= 0.3 is 0 Å². The van der Waals surface area contributed by atoms with E-state index < -0.39 is 0 Å². The zero-order valence-electron chi connectivity index (χ0n) is 9.30. The molecule has 0 spiro atoms. The standard InChI is InChI=1S/C13H19N/c1-13(2,3)12-8-10-6-4-5-7-11(10)9-14-12/h4-7,12,14H,8-9H2,1-3H3/t12-/m1/s1. The number of nitrogens with one attached hydrogen (secondary N) is 1. The van der Waals surface area contributed by atoms with Crippen LogP contribution in [0.15, 0.2) is 24.3 Å². The molecule has 1 aliphatic rings. The Hall–Kier alpha value is -0.820. The van der Waals surface area contributed by atoms with Gasteiger partial charge < -0.3 is 5.32 Å². The van der Waals surface area contributed by atoms with Gasteiger partial charge in [-0.3, -0.25) is 0 Å². The Kier molecular flexibility index (Phi) is 2.36. The Morgan fingerprint density at radius 1 is 1.14 bits per heavy atom. The van der Waals surface area contributed by atoms with Crippen LogP contribution in [0.1, 0.15) is 31.9 Å². The second-order valence-electron chi connectivity index (χ2n) is 5.27. The number of benzene rings is 1. The minimum atomic E-state index is 0.355. The summed E-state index contributed by atoms with van der Waals surface area (Å²) in [5.41, 5.74) is 3.34. The molecule has 0 unspecified atom stereocenters. The summed E-state index contributed by atoms with van der Waals surface area (Å²) in [5, 5.41) is 3.62. The van der Waals surface area contributed by atoms with Crippen LogP contribution in [0.5, 0.6) is 0 Å². The van der Waals surface area contributed by atoms with Crippen molar-refractivity contribution in [3.8, 4) is 0 Å². The highest BCUT2D eigenvalue weighted by molar-refractivity contribution is 5.30. The average Bonchev–Trinajstić information content (AvgIpc) is 2.16. The van der Waals surface area contributed by atoms with Gasteiger partial charge in [-0.2, -0.15) is 0 Å². The molecule has 1 heteroatoms. The lowest BCUT2D eigenvalue weighted by Crippen LogP contribution is -2.44. The van der Waals surface area contributed by atoms with E-state index in [2.05, 4.69) is 50.4 Å². The molecular formula is C13H19N. The van der Waals surface area contributed by atoms with Crippen molar-refractivity contribution >= 4 is 0 Å². The van der Waals surface area contributed by atoms with E-state index in [1.807, 2.05) is 0 Å². The number of rotatable bonds is 0. The van der Waals surface area contributed by atoms with E-state index in [0.29, 0.717) is 11.5 Å². The third-order valence-electron chi connectivity index (χ3n) is 3.13. The van der Waals surface area contributed by atoms with Crippen molar-refractivity contribution in [3.63, 3.8) is 0 Å². The zero-order valence-corrected chi connectivity index (χ0v) is 9.30. The first-order valence-electron chi connectivity index (χ1n) is 5.37. The molecule has 0 aliphatic carbocycles. The number of hydrogen-bond donors (Lipinski definition) is 1. The molecule has 1 atom stereocenters. The van der Waals surface area contributed by atoms with Gasteiger partial charge in [0.25, 0.3) is 0 Å². The fourth-order valence-electron chi connectivity index (χ4n) is 2.07. The first-order valence-corrected chi connectivity index (χ1v) is 5.37. The third-order valence-corrected chi connectivity index (χ3v) is 3.13. The fraction of sp³-hybridized carbons (Fsp3) is 0.538. The van der Waals surface area contributed by atoms with Crippen molar-refractivity contribution in [2.24, 2.45) is 5.41 Å². The topological polar surface area (TPSA) is 12.0 Å². The van der Waals surface area contributed by atoms with Crippen LogP contribution in [0, 0.1) is 5.41 Å². The van der Waals surface area contributed by atoms with Gasteiger partial charge in [0.15, 0.2) is 0 Å². The van der Waals surface area contributed by atoms with Gasteiger partial charge in [-0.25, -0.2) is 0 Å². The number of fused-ring (bicyclic) bond motifs is 1.